The van der Waals surface area contributed by atoms with Crippen molar-refractivity contribution in [1.29, 1.82) is 0 Å². The number of hydrogen-bond donors (Lipinski definition) is 1. The van der Waals surface area contributed by atoms with Gasteiger partial charge in [-0.1, -0.05) is 12.2 Å². The smallest absolute Gasteiger partial charge is 0.138 e. The van der Waals surface area contributed by atoms with E-state index in [0.717, 1.165) is 17.1 Å². The van der Waals surface area contributed by atoms with Crippen molar-refractivity contribution in [3.63, 3.8) is 0 Å². The summed E-state index contributed by atoms with van der Waals surface area (Å²) in [5, 5.41) is 0. The predicted molar refractivity (Wildman–Crippen MR) is 66.0 cm³/mol. The molecule has 4 heteroatoms. The topological polar surface area (TPSA) is 37.9 Å². The van der Waals surface area contributed by atoms with E-state index in [-0.39, 0.29) is 0 Å². The molecule has 0 saturated heterocycles. The zero-order chi connectivity index (χ0) is 11.4. The van der Waals surface area contributed by atoms with Crippen LogP contribution in [-0.4, -0.2) is 16.6 Å². The lowest BCUT2D eigenvalue weighted by atomic mass is 10.2. The molecular formula is C12H12N2OS. The zero-order valence-corrected chi connectivity index (χ0v) is 9.75. The minimum atomic E-state index is 0.672. The molecule has 0 saturated carbocycles. The van der Waals surface area contributed by atoms with Gasteiger partial charge in [0.05, 0.1) is 6.61 Å². The fourth-order valence-corrected chi connectivity index (χ4v) is 1.55. The summed E-state index contributed by atoms with van der Waals surface area (Å²) in [4.78, 5) is 7.26. The Morgan fingerprint density at radius 3 is 2.62 bits per heavy atom. The Morgan fingerprint density at radius 1 is 1.25 bits per heavy atom. The third kappa shape index (κ3) is 2.46. The molecule has 1 heterocycles. The van der Waals surface area contributed by atoms with Crippen molar-refractivity contribution in [2.75, 3.05) is 6.61 Å². The lowest BCUT2D eigenvalue weighted by molar-refractivity contribution is 0.340. The van der Waals surface area contributed by atoms with Crippen LogP contribution in [0.15, 0.2) is 36.5 Å². The Kier molecular flexibility index (Phi) is 3.31. The maximum absolute atomic E-state index is 5.37. The number of aromatic nitrogens is 2. The molecule has 2 aromatic rings. The second-order valence-corrected chi connectivity index (χ2v) is 3.68. The minimum absolute atomic E-state index is 0.672. The van der Waals surface area contributed by atoms with Gasteiger partial charge in [0.15, 0.2) is 0 Å². The van der Waals surface area contributed by atoms with Crippen LogP contribution in [0.25, 0.3) is 11.4 Å². The Morgan fingerprint density at radius 2 is 2.00 bits per heavy atom. The number of aromatic amines is 1. The van der Waals surface area contributed by atoms with Crippen LogP contribution in [0.3, 0.4) is 0 Å². The number of hydrogen-bond acceptors (Lipinski definition) is 3. The zero-order valence-electron chi connectivity index (χ0n) is 8.93. The second kappa shape index (κ2) is 4.90. The van der Waals surface area contributed by atoms with E-state index in [2.05, 4.69) is 9.97 Å². The van der Waals surface area contributed by atoms with E-state index < -0.39 is 0 Å². The van der Waals surface area contributed by atoms with Gasteiger partial charge >= 0.3 is 0 Å². The Bertz CT molecular complexity index is 519. The van der Waals surface area contributed by atoms with Crippen LogP contribution in [-0.2, 0) is 0 Å². The first-order valence-electron chi connectivity index (χ1n) is 5.08. The molecule has 82 valence electrons. The Labute approximate surface area is 99.1 Å². The largest absolute Gasteiger partial charge is 0.494 e. The van der Waals surface area contributed by atoms with E-state index in [0.29, 0.717) is 11.2 Å². The first-order valence-corrected chi connectivity index (χ1v) is 5.49. The average molecular weight is 232 g/mol. The first kappa shape index (κ1) is 10.8. The van der Waals surface area contributed by atoms with E-state index in [1.807, 2.05) is 31.2 Å². The number of benzene rings is 1. The number of ether oxygens (including phenoxy) is 1. The molecule has 0 amide bonds. The van der Waals surface area contributed by atoms with E-state index in [4.69, 9.17) is 17.0 Å². The minimum Gasteiger partial charge on any atom is -0.494 e. The highest BCUT2D eigenvalue weighted by atomic mass is 32.1. The number of nitrogens with one attached hydrogen (secondary N) is 1. The van der Waals surface area contributed by atoms with Gasteiger partial charge in [0.1, 0.15) is 16.2 Å². The predicted octanol–water partition coefficient (Wildman–Crippen LogP) is 3.20. The number of rotatable bonds is 3. The van der Waals surface area contributed by atoms with E-state index in [9.17, 15) is 0 Å². The Hall–Kier alpha value is -1.68. The van der Waals surface area contributed by atoms with Crippen molar-refractivity contribution in [2.45, 2.75) is 6.92 Å². The molecule has 0 aliphatic heterocycles. The lowest BCUT2D eigenvalue weighted by Gasteiger charge is -2.04. The van der Waals surface area contributed by atoms with Crippen molar-refractivity contribution in [3.05, 3.63) is 41.2 Å². The van der Waals surface area contributed by atoms with Gasteiger partial charge in [-0.15, -0.1) is 0 Å². The summed E-state index contributed by atoms with van der Waals surface area (Å²) in [7, 11) is 0. The maximum Gasteiger partial charge on any atom is 0.138 e. The highest BCUT2D eigenvalue weighted by Gasteiger charge is 1.99. The highest BCUT2D eigenvalue weighted by molar-refractivity contribution is 7.71. The molecule has 0 unspecified atom stereocenters. The van der Waals surface area contributed by atoms with Crippen LogP contribution in [0.2, 0.25) is 0 Å². The summed E-state index contributed by atoms with van der Waals surface area (Å²) in [5.41, 5.74) is 0.996. The summed E-state index contributed by atoms with van der Waals surface area (Å²) in [6.07, 6.45) is 1.70. The summed E-state index contributed by atoms with van der Waals surface area (Å²) in [5.74, 6) is 1.64. The van der Waals surface area contributed by atoms with E-state index >= 15 is 0 Å². The molecule has 3 nitrogen and oxygen atoms in total. The molecule has 0 atom stereocenters. The molecule has 0 aliphatic carbocycles. The number of nitrogens with zero attached hydrogens (tertiary/aromatic N) is 1. The van der Waals surface area contributed by atoms with Gasteiger partial charge < -0.3 is 9.72 Å². The van der Waals surface area contributed by atoms with Crippen LogP contribution in [0.1, 0.15) is 6.92 Å². The fraction of sp³-hybridized carbons (Fsp3) is 0.167. The summed E-state index contributed by atoms with van der Waals surface area (Å²) < 4.78 is 6.05. The van der Waals surface area contributed by atoms with Crippen LogP contribution in [0, 0.1) is 4.64 Å². The first-order chi connectivity index (χ1) is 7.79. The van der Waals surface area contributed by atoms with Crippen molar-refractivity contribution < 1.29 is 4.74 Å². The lowest BCUT2D eigenvalue weighted by Crippen LogP contribution is -1.92. The second-order valence-electron chi connectivity index (χ2n) is 3.24. The van der Waals surface area contributed by atoms with Gasteiger partial charge in [0.2, 0.25) is 0 Å². The molecule has 1 aromatic heterocycles. The van der Waals surface area contributed by atoms with E-state index in [1.165, 1.54) is 0 Å². The third-order valence-electron chi connectivity index (χ3n) is 2.11. The van der Waals surface area contributed by atoms with Crippen LogP contribution in [0.4, 0.5) is 0 Å². The molecule has 0 bridgehead atoms. The number of H-pyrrole nitrogens is 1. The molecule has 2 rings (SSSR count). The van der Waals surface area contributed by atoms with Gasteiger partial charge in [-0.3, -0.25) is 0 Å². The summed E-state index contributed by atoms with van der Waals surface area (Å²) in [6, 6.07) is 9.51. The highest BCUT2D eigenvalue weighted by Crippen LogP contribution is 2.18. The molecule has 1 aromatic carbocycles. The SMILES string of the molecule is CCOc1ccc(-c2nccc(=S)[nH]2)cc1. The molecular weight excluding hydrogens is 220 g/mol. The van der Waals surface area contributed by atoms with Gasteiger partial charge in [0, 0.05) is 11.8 Å². The Balaban J connectivity index is 2.31. The van der Waals surface area contributed by atoms with Crippen LogP contribution >= 0.6 is 12.2 Å². The molecule has 0 fully saturated rings. The average Bonchev–Trinajstić information content (AvgIpc) is 2.30. The van der Waals surface area contributed by atoms with Crippen LogP contribution < -0.4 is 4.74 Å². The quantitative estimate of drug-likeness (QED) is 0.826. The molecule has 0 radical (unpaired) electrons. The standard InChI is InChI=1S/C12H12N2OS/c1-2-15-10-5-3-9(4-6-10)12-13-8-7-11(16)14-12/h3-8H,2H2,1H3,(H,13,14,16). The van der Waals surface area contributed by atoms with Crippen molar-refractivity contribution >= 4 is 12.2 Å². The van der Waals surface area contributed by atoms with Gasteiger partial charge in [-0.05, 0) is 37.3 Å². The normalized spacial score (nSPS) is 10.1. The molecule has 1 N–H and O–H groups in total. The monoisotopic (exact) mass is 232 g/mol. The van der Waals surface area contributed by atoms with Crippen molar-refractivity contribution in [1.82, 2.24) is 9.97 Å². The maximum atomic E-state index is 5.37. The van der Waals surface area contributed by atoms with Gasteiger partial charge in [-0.2, -0.15) is 0 Å². The van der Waals surface area contributed by atoms with Gasteiger partial charge in [0.25, 0.3) is 0 Å². The van der Waals surface area contributed by atoms with Crippen molar-refractivity contribution in [3.8, 4) is 17.1 Å². The molecule has 0 spiro atoms. The van der Waals surface area contributed by atoms with Crippen LogP contribution in [0.5, 0.6) is 5.75 Å². The fourth-order valence-electron chi connectivity index (χ4n) is 1.39. The molecule has 16 heavy (non-hydrogen) atoms. The molecule has 0 aliphatic rings. The van der Waals surface area contributed by atoms with E-state index in [1.54, 1.807) is 12.3 Å². The summed E-state index contributed by atoms with van der Waals surface area (Å²) in [6.45, 7) is 2.63. The third-order valence-corrected chi connectivity index (χ3v) is 2.35. The van der Waals surface area contributed by atoms with Crippen molar-refractivity contribution in [2.24, 2.45) is 0 Å². The summed E-state index contributed by atoms with van der Waals surface area (Å²) >= 11 is 5.05. The van der Waals surface area contributed by atoms with Gasteiger partial charge in [-0.25, -0.2) is 4.98 Å².